The predicted octanol–water partition coefficient (Wildman–Crippen LogP) is 0.927. The van der Waals surface area contributed by atoms with Gasteiger partial charge in [0.1, 0.15) is 10.3 Å². The largest absolute Gasteiger partial charge is 0.480 e. The zero-order chi connectivity index (χ0) is 18.0. The molecule has 3 rings (SSSR count). The molecule has 1 unspecified atom stereocenters. The van der Waals surface area contributed by atoms with Crippen LogP contribution in [0.1, 0.15) is 16.3 Å². The number of carboxylic acid groups (broad SMARTS) is 1. The summed E-state index contributed by atoms with van der Waals surface area (Å²) in [6.45, 7) is 0.387. The molecule has 1 aliphatic heterocycles. The van der Waals surface area contributed by atoms with E-state index in [9.17, 15) is 18.3 Å². The minimum absolute atomic E-state index is 0.000353. The number of methoxy groups -OCH3 is 1. The molecule has 0 spiro atoms. The Labute approximate surface area is 149 Å². The average Bonchev–Trinajstić information content (AvgIpc) is 3.08. The maximum absolute atomic E-state index is 13.0. The molecule has 0 aliphatic carbocycles. The van der Waals surface area contributed by atoms with Gasteiger partial charge in [-0.15, -0.1) is 11.3 Å². The van der Waals surface area contributed by atoms with Gasteiger partial charge in [-0.25, -0.2) is 8.42 Å². The molecule has 2 aromatic heterocycles. The van der Waals surface area contributed by atoms with Crippen LogP contribution in [0.2, 0.25) is 0 Å². The van der Waals surface area contributed by atoms with Crippen molar-refractivity contribution in [3.05, 3.63) is 40.8 Å². The van der Waals surface area contributed by atoms with Crippen LogP contribution < -0.4 is 0 Å². The van der Waals surface area contributed by atoms with Gasteiger partial charge in [0.15, 0.2) is 0 Å². The summed E-state index contributed by atoms with van der Waals surface area (Å²) in [6.07, 6.45) is 3.55. The van der Waals surface area contributed by atoms with Gasteiger partial charge in [-0.3, -0.25) is 14.8 Å². The second-order valence-corrected chi connectivity index (χ2v) is 8.81. The van der Waals surface area contributed by atoms with Gasteiger partial charge in [-0.2, -0.15) is 4.31 Å². The summed E-state index contributed by atoms with van der Waals surface area (Å²) < 4.78 is 32.1. The first-order valence-electron chi connectivity index (χ1n) is 7.54. The lowest BCUT2D eigenvalue weighted by Crippen LogP contribution is -2.48. The van der Waals surface area contributed by atoms with E-state index in [1.165, 1.54) is 18.5 Å². The van der Waals surface area contributed by atoms with Crippen LogP contribution in [0.3, 0.4) is 0 Å². The van der Waals surface area contributed by atoms with Crippen molar-refractivity contribution in [3.63, 3.8) is 0 Å². The number of aliphatic carboxylic acids is 1. The molecule has 0 bridgehead atoms. The first kappa shape index (κ1) is 17.9. The third-order valence-electron chi connectivity index (χ3n) is 3.94. The van der Waals surface area contributed by atoms with Crippen LogP contribution in [0.4, 0.5) is 0 Å². The number of rotatable bonds is 6. The van der Waals surface area contributed by atoms with Crippen molar-refractivity contribution in [2.24, 2.45) is 0 Å². The normalized spacial score (nSPS) is 18.0. The summed E-state index contributed by atoms with van der Waals surface area (Å²) >= 11 is 1.13. The van der Waals surface area contributed by atoms with Crippen LogP contribution in [0.15, 0.2) is 28.7 Å². The second kappa shape index (κ2) is 7.16. The Balaban J connectivity index is 1.94. The molecule has 0 aromatic carbocycles. The number of thiophene rings is 1. The highest BCUT2D eigenvalue weighted by Crippen LogP contribution is 2.31. The van der Waals surface area contributed by atoms with E-state index in [4.69, 9.17) is 4.74 Å². The highest BCUT2D eigenvalue weighted by molar-refractivity contribution is 7.91. The fraction of sp³-hybridized carbons (Fsp3) is 0.400. The Morgan fingerprint density at radius 1 is 1.36 bits per heavy atom. The number of ether oxygens (including phenoxy) is 1. The van der Waals surface area contributed by atoms with Gasteiger partial charge >= 0.3 is 5.97 Å². The number of nitrogens with zero attached hydrogens (tertiary/aromatic N) is 3. The van der Waals surface area contributed by atoms with Crippen LogP contribution in [-0.2, 0) is 38.9 Å². The van der Waals surface area contributed by atoms with E-state index in [0.717, 1.165) is 20.5 Å². The van der Waals surface area contributed by atoms with E-state index in [1.807, 2.05) is 0 Å². The molecule has 0 radical (unpaired) electrons. The van der Waals surface area contributed by atoms with Gasteiger partial charge in [0, 0.05) is 37.2 Å². The minimum Gasteiger partial charge on any atom is -0.480 e. The van der Waals surface area contributed by atoms with Gasteiger partial charge in [0.25, 0.3) is 10.0 Å². The molecule has 0 amide bonds. The average molecular weight is 383 g/mol. The molecule has 1 N–H and O–H groups in total. The van der Waals surface area contributed by atoms with Gasteiger partial charge in [-0.05, 0) is 12.1 Å². The molecule has 10 heteroatoms. The standard InChI is InChI=1S/C15H17N3O5S2/c1-23-7-4-10-2-3-14(24-10)25(21,22)18-9-12-11(16-5-6-17-12)8-13(18)15(19)20/h2-3,5-6,13H,4,7-9H2,1H3,(H,19,20). The number of hydrogen-bond acceptors (Lipinski definition) is 7. The Morgan fingerprint density at radius 2 is 2.08 bits per heavy atom. The van der Waals surface area contributed by atoms with Gasteiger partial charge in [-0.1, -0.05) is 0 Å². The molecule has 134 valence electrons. The minimum atomic E-state index is -3.94. The Bertz CT molecular complexity index is 881. The molecular weight excluding hydrogens is 366 g/mol. The zero-order valence-corrected chi connectivity index (χ0v) is 15.1. The number of aromatic nitrogens is 2. The number of hydrogen-bond donors (Lipinski definition) is 1. The summed E-state index contributed by atoms with van der Waals surface area (Å²) in [5.41, 5.74) is 1.01. The van der Waals surface area contributed by atoms with Crippen molar-refractivity contribution >= 4 is 27.3 Å². The molecule has 2 aromatic rings. The summed E-state index contributed by atoms with van der Waals surface area (Å²) in [6, 6.07) is 2.04. The summed E-state index contributed by atoms with van der Waals surface area (Å²) in [5.74, 6) is -1.20. The Kier molecular flexibility index (Phi) is 5.13. The quantitative estimate of drug-likeness (QED) is 0.790. The molecule has 25 heavy (non-hydrogen) atoms. The van der Waals surface area contributed by atoms with Crippen LogP contribution in [0.5, 0.6) is 0 Å². The maximum Gasteiger partial charge on any atom is 0.322 e. The number of sulfonamides is 1. The monoisotopic (exact) mass is 383 g/mol. The van der Waals surface area contributed by atoms with Crippen LogP contribution in [0, 0.1) is 0 Å². The zero-order valence-electron chi connectivity index (χ0n) is 13.5. The van der Waals surface area contributed by atoms with E-state index >= 15 is 0 Å². The Morgan fingerprint density at radius 3 is 2.76 bits per heavy atom. The first-order valence-corrected chi connectivity index (χ1v) is 9.80. The predicted molar refractivity (Wildman–Crippen MR) is 89.8 cm³/mol. The van der Waals surface area contributed by atoms with E-state index < -0.39 is 22.0 Å². The number of carbonyl (C=O) groups is 1. The van der Waals surface area contributed by atoms with Crippen molar-refractivity contribution in [1.82, 2.24) is 14.3 Å². The third-order valence-corrected chi connectivity index (χ3v) is 7.41. The fourth-order valence-electron chi connectivity index (χ4n) is 2.65. The van der Waals surface area contributed by atoms with E-state index in [2.05, 4.69) is 9.97 Å². The van der Waals surface area contributed by atoms with Crippen LogP contribution in [0.25, 0.3) is 0 Å². The lowest BCUT2D eigenvalue weighted by molar-refractivity contribution is -0.141. The maximum atomic E-state index is 13.0. The summed E-state index contributed by atoms with van der Waals surface area (Å²) in [5, 5.41) is 9.50. The van der Waals surface area contributed by atoms with Crippen molar-refractivity contribution in [2.45, 2.75) is 29.6 Å². The lowest BCUT2D eigenvalue weighted by Gasteiger charge is -2.31. The van der Waals surface area contributed by atoms with E-state index in [1.54, 1.807) is 13.2 Å². The molecule has 3 heterocycles. The molecule has 1 atom stereocenters. The van der Waals surface area contributed by atoms with Crippen molar-refractivity contribution in [2.75, 3.05) is 13.7 Å². The Hall–Kier alpha value is -1.88. The second-order valence-electron chi connectivity index (χ2n) is 5.52. The molecule has 1 aliphatic rings. The number of carboxylic acids is 1. The van der Waals surface area contributed by atoms with Crippen molar-refractivity contribution in [3.8, 4) is 0 Å². The van der Waals surface area contributed by atoms with Crippen molar-refractivity contribution < 1.29 is 23.1 Å². The SMILES string of the molecule is COCCc1ccc(S(=O)(=O)N2Cc3nccnc3CC2C(=O)O)s1. The highest BCUT2D eigenvalue weighted by atomic mass is 32.2. The lowest BCUT2D eigenvalue weighted by atomic mass is 10.1. The van der Waals surface area contributed by atoms with E-state index in [0.29, 0.717) is 24.4 Å². The van der Waals surface area contributed by atoms with Crippen LogP contribution in [-0.4, -0.2) is 53.5 Å². The van der Waals surface area contributed by atoms with Gasteiger partial charge < -0.3 is 9.84 Å². The van der Waals surface area contributed by atoms with Crippen LogP contribution >= 0.6 is 11.3 Å². The summed E-state index contributed by atoms with van der Waals surface area (Å²) in [4.78, 5) is 20.8. The number of fused-ring (bicyclic) bond motifs is 1. The van der Waals surface area contributed by atoms with Gasteiger partial charge in [0.05, 0.1) is 24.5 Å². The first-order chi connectivity index (χ1) is 11.9. The topological polar surface area (TPSA) is 110 Å². The molecule has 0 saturated heterocycles. The summed E-state index contributed by atoms with van der Waals surface area (Å²) in [7, 11) is -2.36. The molecule has 0 fully saturated rings. The smallest absolute Gasteiger partial charge is 0.322 e. The van der Waals surface area contributed by atoms with Gasteiger partial charge in [0.2, 0.25) is 0 Å². The third kappa shape index (κ3) is 3.56. The van der Waals surface area contributed by atoms with Crippen molar-refractivity contribution in [1.29, 1.82) is 0 Å². The fourth-order valence-corrected chi connectivity index (χ4v) is 5.66. The highest BCUT2D eigenvalue weighted by Gasteiger charge is 2.41. The molecule has 8 nitrogen and oxygen atoms in total. The van der Waals surface area contributed by atoms with E-state index in [-0.39, 0.29) is 17.2 Å². The molecular formula is C15H17N3O5S2. The molecule has 0 saturated carbocycles.